The summed E-state index contributed by atoms with van der Waals surface area (Å²) in [4.78, 5) is 72.9. The fraction of sp³-hybridized carbons (Fsp3) is 0.639. The van der Waals surface area contributed by atoms with Crippen LogP contribution in [0.5, 0.6) is 0 Å². The van der Waals surface area contributed by atoms with E-state index in [4.69, 9.17) is 37.0 Å². The second-order valence-electron chi connectivity index (χ2n) is 25.2. The fourth-order valence-electron chi connectivity index (χ4n) is 9.64. The average molecular weight is 1470 g/mol. The molecule has 3 N–H and O–H groups in total. The third-order valence-corrected chi connectivity index (χ3v) is 17.4. The highest BCUT2D eigenvalue weighted by Crippen LogP contribution is 2.45. The van der Waals surface area contributed by atoms with Gasteiger partial charge >= 0.3 is 39.5 Å². The SMILES string of the molecule is CC/C=C\C/C=C\C/C=C\C/C=C\C/C=C\CC(=O)OCC(COP(=O)(O)OCC(O)COP(=O)(O)OCC(COC(=O)CCCCCC/C=C\C/C=C\C/C=C\C/C=C\CC)OC(=O)CCCCCCC/C=C\C/C=C\CCCCC)OC(=O)CCCCCCC/C=C\C/C=C\CCCCC. The van der Waals surface area contributed by atoms with Crippen molar-refractivity contribution in [3.8, 4) is 0 Å². The summed E-state index contributed by atoms with van der Waals surface area (Å²) in [5.41, 5.74) is 0. The van der Waals surface area contributed by atoms with Crippen molar-refractivity contribution < 1.29 is 80.2 Å². The molecular formula is C83H136O17P2. The van der Waals surface area contributed by atoms with Crippen molar-refractivity contribution in [2.75, 3.05) is 39.6 Å². The molecule has 0 radical (unpaired) electrons. The number of esters is 4. The Morgan fingerprint density at radius 3 is 0.873 bits per heavy atom. The molecule has 580 valence electrons. The summed E-state index contributed by atoms with van der Waals surface area (Å²) >= 11 is 0. The van der Waals surface area contributed by atoms with Crippen molar-refractivity contribution in [3.05, 3.63) is 158 Å². The smallest absolute Gasteiger partial charge is 0.462 e. The van der Waals surface area contributed by atoms with Crippen LogP contribution in [0.3, 0.4) is 0 Å². The van der Waals surface area contributed by atoms with Gasteiger partial charge < -0.3 is 33.8 Å². The van der Waals surface area contributed by atoms with Crippen molar-refractivity contribution in [2.45, 2.75) is 303 Å². The van der Waals surface area contributed by atoms with Crippen LogP contribution in [-0.4, -0.2) is 96.7 Å². The van der Waals surface area contributed by atoms with Gasteiger partial charge in [-0.15, -0.1) is 0 Å². The number of ether oxygens (including phenoxy) is 4. The van der Waals surface area contributed by atoms with Crippen LogP contribution in [0.2, 0.25) is 0 Å². The van der Waals surface area contributed by atoms with Crippen LogP contribution >= 0.6 is 15.6 Å². The monoisotopic (exact) mass is 1470 g/mol. The largest absolute Gasteiger partial charge is 0.472 e. The summed E-state index contributed by atoms with van der Waals surface area (Å²) in [5, 5.41) is 10.6. The maximum Gasteiger partial charge on any atom is 0.472 e. The molecule has 102 heavy (non-hydrogen) atoms. The lowest BCUT2D eigenvalue weighted by Gasteiger charge is -2.21. The van der Waals surface area contributed by atoms with Crippen molar-refractivity contribution in [1.29, 1.82) is 0 Å². The van der Waals surface area contributed by atoms with Gasteiger partial charge in [0.1, 0.15) is 19.3 Å². The predicted octanol–water partition coefficient (Wildman–Crippen LogP) is 22.4. The molecule has 0 aromatic carbocycles. The molecule has 0 saturated heterocycles. The molecule has 0 spiro atoms. The van der Waals surface area contributed by atoms with Gasteiger partial charge in [0.25, 0.3) is 0 Å². The molecule has 17 nitrogen and oxygen atoms in total. The number of hydrogen-bond acceptors (Lipinski definition) is 15. The molecule has 0 heterocycles. The van der Waals surface area contributed by atoms with Gasteiger partial charge in [0.05, 0.1) is 32.8 Å². The maximum atomic E-state index is 13.1. The van der Waals surface area contributed by atoms with Crippen molar-refractivity contribution in [1.82, 2.24) is 0 Å². The lowest BCUT2D eigenvalue weighted by Crippen LogP contribution is -2.30. The van der Waals surface area contributed by atoms with Crippen LogP contribution in [0.25, 0.3) is 0 Å². The first-order valence-electron chi connectivity index (χ1n) is 38.7. The summed E-state index contributed by atoms with van der Waals surface area (Å²) in [6.45, 7) is 4.40. The first kappa shape index (κ1) is 96.7. The summed E-state index contributed by atoms with van der Waals surface area (Å²) in [6.07, 6.45) is 85.4. The molecule has 0 aliphatic rings. The van der Waals surface area contributed by atoms with Gasteiger partial charge in [0, 0.05) is 19.3 Å². The van der Waals surface area contributed by atoms with E-state index in [0.717, 1.165) is 167 Å². The Morgan fingerprint density at radius 2 is 0.549 bits per heavy atom. The van der Waals surface area contributed by atoms with E-state index in [-0.39, 0.29) is 25.7 Å². The molecule has 0 saturated carbocycles. The number of rotatable bonds is 71. The number of unbranched alkanes of at least 4 members (excludes halogenated alkanes) is 20. The fourth-order valence-corrected chi connectivity index (χ4v) is 11.2. The highest BCUT2D eigenvalue weighted by atomic mass is 31.2. The molecule has 0 aromatic heterocycles. The quantitative estimate of drug-likeness (QED) is 0.0169. The van der Waals surface area contributed by atoms with Gasteiger partial charge in [-0.25, -0.2) is 9.13 Å². The Kier molecular flexibility index (Phi) is 70.1. The number of phosphoric ester groups is 2. The van der Waals surface area contributed by atoms with Crippen LogP contribution in [0, 0.1) is 0 Å². The van der Waals surface area contributed by atoms with Gasteiger partial charge in [-0.05, 0) is 154 Å². The molecule has 19 heteroatoms. The van der Waals surface area contributed by atoms with Crippen LogP contribution in [0.15, 0.2) is 158 Å². The molecule has 5 atom stereocenters. The van der Waals surface area contributed by atoms with Crippen molar-refractivity contribution >= 4 is 39.5 Å². The van der Waals surface area contributed by atoms with E-state index in [1.54, 1.807) is 6.08 Å². The average Bonchev–Trinajstić information content (AvgIpc) is 0.926. The number of carbonyl (C=O) groups is 4. The number of aliphatic hydroxyl groups is 1. The Balaban J connectivity index is 5.48. The summed E-state index contributed by atoms with van der Waals surface area (Å²) < 4.78 is 68.4. The standard InChI is InChI=1S/C83H136O17P2/c1-5-9-13-17-21-25-29-33-37-38-42-44-48-52-56-60-64-68-81(86)94-74-79(100-83(88)70-66-62-58-54-50-46-41-36-32-28-24-20-16-12-8-4)76-98-102(91,92)96-72-77(84)71-95-101(89,90)97-75-78(99-82(87)69-65-61-57-53-49-45-40-35-31-27-23-19-15-11-7-3)73-93-80(85)67-63-59-55-51-47-43-39-34-30-26-22-18-14-10-6-2/h9-10,13-14,21-28,33-37,39-42,44,47,51,59,63,77-79,84H,5-8,11-12,15-20,29-32,38,43,45-46,48-50,52-58,60-62,64-76H2,1-4H3,(H,89,90)(H,91,92)/b13-9-,14-10-,25-21-,26-22-,27-23-,28-24-,37-33-,39-34-,40-35-,41-36-,44-42-,51-47-,63-59-. The van der Waals surface area contributed by atoms with Gasteiger partial charge in [-0.2, -0.15) is 0 Å². The topological polar surface area (TPSA) is 237 Å². The number of phosphoric acid groups is 2. The number of allylic oxidation sites excluding steroid dienone is 25. The minimum absolute atomic E-state index is 0.0540. The zero-order chi connectivity index (χ0) is 74.6. The molecule has 0 fully saturated rings. The van der Waals surface area contributed by atoms with E-state index in [0.29, 0.717) is 25.7 Å². The first-order chi connectivity index (χ1) is 49.7. The van der Waals surface area contributed by atoms with E-state index in [1.807, 2.05) is 18.2 Å². The number of carbonyl (C=O) groups excluding carboxylic acids is 4. The minimum atomic E-state index is -5.01. The number of hydrogen-bond donors (Lipinski definition) is 3. The predicted molar refractivity (Wildman–Crippen MR) is 417 cm³/mol. The van der Waals surface area contributed by atoms with Gasteiger partial charge in [-0.1, -0.05) is 263 Å². The molecule has 5 unspecified atom stereocenters. The second kappa shape index (κ2) is 74.0. The third kappa shape index (κ3) is 73.0. The van der Waals surface area contributed by atoms with Crippen LogP contribution in [0.4, 0.5) is 0 Å². The minimum Gasteiger partial charge on any atom is -0.462 e. The Hall–Kier alpha value is -5.32. The Bertz CT molecular complexity index is 2550. The zero-order valence-corrected chi connectivity index (χ0v) is 65.0. The zero-order valence-electron chi connectivity index (χ0n) is 63.2. The van der Waals surface area contributed by atoms with Gasteiger partial charge in [-0.3, -0.25) is 37.3 Å². The second-order valence-corrected chi connectivity index (χ2v) is 28.1. The van der Waals surface area contributed by atoms with E-state index in [9.17, 15) is 43.2 Å². The van der Waals surface area contributed by atoms with Gasteiger partial charge in [0.15, 0.2) is 12.2 Å². The molecule has 0 aliphatic carbocycles. The van der Waals surface area contributed by atoms with E-state index in [2.05, 4.69) is 161 Å². The summed E-state index contributed by atoms with van der Waals surface area (Å²) in [7, 11) is -10.0. The highest BCUT2D eigenvalue weighted by Gasteiger charge is 2.30. The molecule has 0 amide bonds. The van der Waals surface area contributed by atoms with Crippen LogP contribution in [0.1, 0.15) is 285 Å². The molecule has 0 rings (SSSR count). The van der Waals surface area contributed by atoms with Crippen LogP contribution in [-0.2, 0) is 65.4 Å². The number of aliphatic hydroxyl groups excluding tert-OH is 1. The summed E-state index contributed by atoms with van der Waals surface area (Å²) in [6, 6.07) is 0. The summed E-state index contributed by atoms with van der Waals surface area (Å²) in [5.74, 6) is -2.39. The lowest BCUT2D eigenvalue weighted by molar-refractivity contribution is -0.161. The molecule has 0 aliphatic heterocycles. The Morgan fingerprint density at radius 1 is 0.294 bits per heavy atom. The highest BCUT2D eigenvalue weighted by molar-refractivity contribution is 7.47. The van der Waals surface area contributed by atoms with E-state index < -0.39 is 97.5 Å². The molecule has 0 bridgehead atoms. The van der Waals surface area contributed by atoms with Crippen molar-refractivity contribution in [2.24, 2.45) is 0 Å². The van der Waals surface area contributed by atoms with Crippen molar-refractivity contribution in [3.63, 3.8) is 0 Å². The van der Waals surface area contributed by atoms with Crippen LogP contribution < -0.4 is 0 Å². The normalized spacial score (nSPS) is 14.8. The lowest BCUT2D eigenvalue weighted by atomic mass is 10.1. The Labute approximate surface area is 617 Å². The van der Waals surface area contributed by atoms with E-state index >= 15 is 0 Å². The first-order valence-corrected chi connectivity index (χ1v) is 41.7. The molecular weight excluding hydrogens is 1330 g/mol. The molecule has 0 aromatic rings. The van der Waals surface area contributed by atoms with E-state index in [1.165, 1.54) is 38.5 Å². The third-order valence-electron chi connectivity index (χ3n) is 15.5. The maximum absolute atomic E-state index is 13.1. The van der Waals surface area contributed by atoms with Gasteiger partial charge in [0.2, 0.25) is 0 Å².